The van der Waals surface area contributed by atoms with Crippen LogP contribution in [0.4, 0.5) is 0 Å². The molecule has 1 heterocycles. The average Bonchev–Trinajstić information content (AvgIpc) is 2.68. The number of benzene rings is 2. The quantitative estimate of drug-likeness (QED) is 0.855. The van der Waals surface area contributed by atoms with E-state index in [1.165, 1.54) is 5.56 Å². The second-order valence-electron chi connectivity index (χ2n) is 6.91. The Morgan fingerprint density at radius 3 is 2.52 bits per heavy atom. The number of fused-ring (bicyclic) bond motifs is 1. The van der Waals surface area contributed by atoms with Gasteiger partial charge in [-0.1, -0.05) is 54.6 Å². The summed E-state index contributed by atoms with van der Waals surface area (Å²) in [6.45, 7) is 2.83. The minimum atomic E-state index is -0.253. The molecule has 0 saturated carbocycles. The predicted octanol–water partition coefficient (Wildman–Crippen LogP) is 2.54. The number of rotatable bonds is 6. The summed E-state index contributed by atoms with van der Waals surface area (Å²) in [6, 6.07) is 17.5. The first-order valence-corrected chi connectivity index (χ1v) is 9.37. The molecule has 5 heteroatoms. The third-order valence-corrected chi connectivity index (χ3v) is 5.12. The molecule has 1 aliphatic rings. The van der Waals surface area contributed by atoms with E-state index in [-0.39, 0.29) is 37.4 Å². The summed E-state index contributed by atoms with van der Waals surface area (Å²) in [4.78, 5) is 28.7. The smallest absolute Gasteiger partial charge is 0.225 e. The zero-order valence-corrected chi connectivity index (χ0v) is 15.7. The van der Waals surface area contributed by atoms with Gasteiger partial charge in [0.25, 0.3) is 0 Å². The summed E-state index contributed by atoms with van der Waals surface area (Å²) in [5, 5.41) is 9.41. The van der Waals surface area contributed by atoms with E-state index in [0.29, 0.717) is 13.1 Å². The van der Waals surface area contributed by atoms with Crippen LogP contribution >= 0.6 is 0 Å². The van der Waals surface area contributed by atoms with Crippen LogP contribution in [0.3, 0.4) is 0 Å². The first-order chi connectivity index (χ1) is 13.1. The molecule has 0 aliphatic carbocycles. The Kier molecular flexibility index (Phi) is 6.24. The minimum absolute atomic E-state index is 0.0147. The molecule has 142 valence electrons. The number of hydrogen-bond donors (Lipinski definition) is 1. The molecule has 1 aliphatic heterocycles. The maximum atomic E-state index is 13.1. The molecule has 27 heavy (non-hydrogen) atoms. The molecule has 1 unspecified atom stereocenters. The lowest BCUT2D eigenvalue weighted by Crippen LogP contribution is -2.42. The van der Waals surface area contributed by atoms with E-state index in [1.807, 2.05) is 48.5 Å². The summed E-state index contributed by atoms with van der Waals surface area (Å²) in [7, 11) is 0. The highest BCUT2D eigenvalue weighted by Gasteiger charge is 2.31. The van der Waals surface area contributed by atoms with Crippen molar-refractivity contribution < 1.29 is 14.7 Å². The monoisotopic (exact) mass is 366 g/mol. The van der Waals surface area contributed by atoms with Crippen molar-refractivity contribution in [2.45, 2.75) is 32.4 Å². The van der Waals surface area contributed by atoms with Crippen LogP contribution in [0.2, 0.25) is 0 Å². The fraction of sp³-hybridized carbons (Fsp3) is 0.364. The highest BCUT2D eigenvalue weighted by atomic mass is 16.3. The van der Waals surface area contributed by atoms with Crippen molar-refractivity contribution in [2.75, 3.05) is 19.7 Å². The third-order valence-electron chi connectivity index (χ3n) is 5.12. The van der Waals surface area contributed by atoms with Crippen LogP contribution in [-0.2, 0) is 22.6 Å². The van der Waals surface area contributed by atoms with Crippen molar-refractivity contribution in [3.8, 4) is 0 Å². The van der Waals surface area contributed by atoms with Gasteiger partial charge in [0.2, 0.25) is 11.8 Å². The van der Waals surface area contributed by atoms with E-state index in [0.717, 1.165) is 17.5 Å². The van der Waals surface area contributed by atoms with Gasteiger partial charge in [0.1, 0.15) is 0 Å². The largest absolute Gasteiger partial charge is 0.395 e. The summed E-state index contributed by atoms with van der Waals surface area (Å²) < 4.78 is 0. The topological polar surface area (TPSA) is 60.9 Å². The van der Waals surface area contributed by atoms with Gasteiger partial charge in [-0.2, -0.15) is 0 Å². The van der Waals surface area contributed by atoms with E-state index < -0.39 is 0 Å². The number of aliphatic hydroxyl groups excluding tert-OH is 1. The molecule has 3 rings (SSSR count). The van der Waals surface area contributed by atoms with E-state index in [9.17, 15) is 14.7 Å². The number of aliphatic hydroxyl groups is 1. The normalized spacial score (nSPS) is 15.9. The number of carbonyl (C=O) groups excluding carboxylic acids is 2. The molecule has 2 amide bonds. The van der Waals surface area contributed by atoms with Gasteiger partial charge in [-0.25, -0.2) is 0 Å². The van der Waals surface area contributed by atoms with Gasteiger partial charge >= 0.3 is 0 Å². The fourth-order valence-corrected chi connectivity index (χ4v) is 3.76. The zero-order valence-electron chi connectivity index (χ0n) is 15.7. The molecule has 5 nitrogen and oxygen atoms in total. The van der Waals surface area contributed by atoms with E-state index in [2.05, 4.69) is 6.07 Å². The first-order valence-electron chi connectivity index (χ1n) is 9.37. The Balaban J connectivity index is 1.81. The van der Waals surface area contributed by atoms with E-state index >= 15 is 0 Å². The Hall–Kier alpha value is -2.66. The highest BCUT2D eigenvalue weighted by molar-refractivity contribution is 5.80. The highest BCUT2D eigenvalue weighted by Crippen LogP contribution is 2.32. The van der Waals surface area contributed by atoms with Crippen LogP contribution in [0.5, 0.6) is 0 Å². The molecule has 1 atom stereocenters. The summed E-state index contributed by atoms with van der Waals surface area (Å²) in [6.07, 6.45) is 1.04. The second kappa shape index (κ2) is 8.82. The molecular weight excluding hydrogens is 340 g/mol. The molecule has 0 saturated heterocycles. The lowest BCUT2D eigenvalue weighted by atomic mass is 9.90. The van der Waals surface area contributed by atoms with Gasteiger partial charge in [-0.3, -0.25) is 9.59 Å². The average molecular weight is 366 g/mol. The number of amides is 2. The first kappa shape index (κ1) is 19.1. The van der Waals surface area contributed by atoms with Crippen LogP contribution in [0, 0.1) is 0 Å². The zero-order chi connectivity index (χ0) is 19.2. The van der Waals surface area contributed by atoms with E-state index in [4.69, 9.17) is 0 Å². The number of carbonyl (C=O) groups is 2. The third kappa shape index (κ3) is 4.55. The van der Waals surface area contributed by atoms with Crippen LogP contribution in [0.25, 0.3) is 0 Å². The molecule has 2 aromatic rings. The maximum absolute atomic E-state index is 13.1. The molecule has 0 radical (unpaired) electrons. The van der Waals surface area contributed by atoms with Gasteiger partial charge < -0.3 is 14.9 Å². The lowest BCUT2D eigenvalue weighted by molar-refractivity contribution is -0.137. The minimum Gasteiger partial charge on any atom is -0.395 e. The van der Waals surface area contributed by atoms with Crippen LogP contribution in [0.1, 0.15) is 36.1 Å². The maximum Gasteiger partial charge on any atom is 0.225 e. The SMILES string of the molecule is CC(=O)N1CCc2ccccc2C1CC(=O)N(CCO)Cc1ccccc1. The van der Waals surface area contributed by atoms with Crippen molar-refractivity contribution >= 4 is 11.8 Å². The predicted molar refractivity (Wildman–Crippen MR) is 104 cm³/mol. The summed E-state index contributed by atoms with van der Waals surface area (Å²) >= 11 is 0. The molecule has 0 bridgehead atoms. The standard InChI is InChI=1S/C22H26N2O3/c1-17(26)24-12-11-19-9-5-6-10-20(19)21(24)15-22(27)23(13-14-25)16-18-7-3-2-4-8-18/h2-10,21,25H,11-16H2,1H3. The Bertz CT molecular complexity index is 791. The van der Waals surface area contributed by atoms with Gasteiger partial charge in [-0.05, 0) is 23.1 Å². The number of nitrogens with zero attached hydrogens (tertiary/aromatic N) is 2. The second-order valence-corrected chi connectivity index (χ2v) is 6.91. The van der Waals surface area contributed by atoms with Crippen molar-refractivity contribution in [3.05, 3.63) is 71.3 Å². The Labute approximate surface area is 160 Å². The Morgan fingerprint density at radius 2 is 1.81 bits per heavy atom. The molecule has 0 aromatic heterocycles. The summed E-state index contributed by atoms with van der Waals surface area (Å²) in [5.74, 6) is -0.0695. The van der Waals surface area contributed by atoms with Gasteiger partial charge in [0.05, 0.1) is 19.1 Å². The Morgan fingerprint density at radius 1 is 1.11 bits per heavy atom. The molecule has 1 N–H and O–H groups in total. The van der Waals surface area contributed by atoms with Crippen molar-refractivity contribution in [3.63, 3.8) is 0 Å². The molecular formula is C22H26N2O3. The van der Waals surface area contributed by atoms with Crippen molar-refractivity contribution in [2.24, 2.45) is 0 Å². The van der Waals surface area contributed by atoms with Gasteiger partial charge in [0.15, 0.2) is 0 Å². The van der Waals surface area contributed by atoms with E-state index in [1.54, 1.807) is 16.7 Å². The van der Waals surface area contributed by atoms with Crippen LogP contribution in [0.15, 0.2) is 54.6 Å². The van der Waals surface area contributed by atoms with Crippen LogP contribution in [-0.4, -0.2) is 46.4 Å². The van der Waals surface area contributed by atoms with Crippen molar-refractivity contribution in [1.29, 1.82) is 0 Å². The van der Waals surface area contributed by atoms with Crippen LogP contribution < -0.4 is 0 Å². The molecule has 0 spiro atoms. The molecule has 2 aromatic carbocycles. The number of hydrogen-bond acceptors (Lipinski definition) is 3. The lowest BCUT2D eigenvalue weighted by Gasteiger charge is -2.37. The fourth-order valence-electron chi connectivity index (χ4n) is 3.76. The summed E-state index contributed by atoms with van der Waals surface area (Å²) in [5.41, 5.74) is 3.27. The van der Waals surface area contributed by atoms with Gasteiger partial charge in [0, 0.05) is 26.6 Å². The van der Waals surface area contributed by atoms with Crippen molar-refractivity contribution in [1.82, 2.24) is 9.80 Å². The van der Waals surface area contributed by atoms with Gasteiger partial charge in [-0.15, -0.1) is 0 Å². The molecule has 0 fully saturated rings.